The van der Waals surface area contributed by atoms with Gasteiger partial charge in [0.05, 0.1) is 19.1 Å². The van der Waals surface area contributed by atoms with Gasteiger partial charge in [-0.15, -0.1) is 0 Å². The first-order chi connectivity index (χ1) is 17.6. The van der Waals surface area contributed by atoms with Crippen LogP contribution in [0.15, 0.2) is 78.9 Å². The quantitative estimate of drug-likeness (QED) is 0.417. The van der Waals surface area contributed by atoms with Gasteiger partial charge in [0.25, 0.3) is 0 Å². The van der Waals surface area contributed by atoms with Gasteiger partial charge in [-0.2, -0.15) is 0 Å². The van der Waals surface area contributed by atoms with Gasteiger partial charge in [-0.05, 0) is 41.8 Å². The molecule has 0 unspecified atom stereocenters. The summed E-state index contributed by atoms with van der Waals surface area (Å²) in [7, 11) is -0.727. The summed E-state index contributed by atoms with van der Waals surface area (Å²) in [6.45, 7) is 1.43. The highest BCUT2D eigenvalue weighted by Crippen LogP contribution is 2.24. The number of benzene rings is 3. The fourth-order valence-corrected chi connectivity index (χ4v) is 5.03. The van der Waals surface area contributed by atoms with Gasteiger partial charge < -0.3 is 15.0 Å². The van der Waals surface area contributed by atoms with E-state index in [1.807, 2.05) is 36.4 Å². The fraction of sp³-hybridized carbons (Fsp3) is 0.286. The van der Waals surface area contributed by atoms with Gasteiger partial charge in [0.1, 0.15) is 18.3 Å². The molecule has 9 heteroatoms. The molecule has 3 aromatic carbocycles. The second-order valence-corrected chi connectivity index (χ2v) is 10.7. The molecule has 0 heterocycles. The van der Waals surface area contributed by atoms with Crippen LogP contribution in [0.2, 0.25) is 0 Å². The van der Waals surface area contributed by atoms with Crippen LogP contribution in [0.4, 0.5) is 5.69 Å². The number of nitrogens with zero attached hydrogens (tertiary/aromatic N) is 2. The molecule has 8 nitrogen and oxygen atoms in total. The highest BCUT2D eigenvalue weighted by atomic mass is 32.2. The van der Waals surface area contributed by atoms with Crippen LogP contribution in [-0.2, 0) is 32.6 Å². The Morgan fingerprint density at radius 2 is 1.59 bits per heavy atom. The second kappa shape index (κ2) is 12.4. The minimum Gasteiger partial charge on any atom is -0.497 e. The molecule has 0 bridgehead atoms. The molecule has 0 saturated heterocycles. The molecule has 37 heavy (non-hydrogen) atoms. The third-order valence-corrected chi connectivity index (χ3v) is 7.19. The number of aryl methyl sites for hydroxylation is 1. The lowest BCUT2D eigenvalue weighted by atomic mass is 10.0. The predicted octanol–water partition coefficient (Wildman–Crippen LogP) is 3.16. The number of sulfonamides is 1. The van der Waals surface area contributed by atoms with Gasteiger partial charge in [0.15, 0.2) is 0 Å². The molecule has 0 aliphatic rings. The van der Waals surface area contributed by atoms with E-state index in [2.05, 4.69) is 5.32 Å². The molecule has 2 amide bonds. The van der Waals surface area contributed by atoms with Crippen LogP contribution in [-0.4, -0.2) is 58.1 Å². The summed E-state index contributed by atoms with van der Waals surface area (Å²) >= 11 is 0. The highest BCUT2D eigenvalue weighted by Gasteiger charge is 2.32. The number of para-hydroxylation sites is 1. The van der Waals surface area contributed by atoms with Gasteiger partial charge in [0.2, 0.25) is 21.8 Å². The number of amides is 2. The predicted molar refractivity (Wildman–Crippen MR) is 145 cm³/mol. The van der Waals surface area contributed by atoms with Crippen molar-refractivity contribution in [3.63, 3.8) is 0 Å². The van der Waals surface area contributed by atoms with Gasteiger partial charge in [-0.3, -0.25) is 13.9 Å². The normalized spacial score (nSPS) is 11.9. The van der Waals surface area contributed by atoms with Crippen LogP contribution in [0.25, 0.3) is 0 Å². The van der Waals surface area contributed by atoms with Crippen molar-refractivity contribution in [2.45, 2.75) is 25.9 Å². The molecule has 0 saturated carbocycles. The summed E-state index contributed by atoms with van der Waals surface area (Å²) in [5.41, 5.74) is 2.75. The van der Waals surface area contributed by atoms with Crippen molar-refractivity contribution in [3.8, 4) is 5.75 Å². The van der Waals surface area contributed by atoms with E-state index in [1.54, 1.807) is 56.5 Å². The van der Waals surface area contributed by atoms with Crippen LogP contribution in [0.3, 0.4) is 0 Å². The molecule has 0 aliphatic heterocycles. The van der Waals surface area contributed by atoms with E-state index in [4.69, 9.17) is 4.74 Å². The lowest BCUT2D eigenvalue weighted by Crippen LogP contribution is -2.53. The Labute approximate surface area is 218 Å². The van der Waals surface area contributed by atoms with Crippen LogP contribution >= 0.6 is 0 Å². The van der Waals surface area contributed by atoms with Gasteiger partial charge in [-0.1, -0.05) is 60.7 Å². The SMILES string of the molecule is CNC(=O)[C@H](Cc1ccccc1)N(Cc1cccc(OC)c1)C(=O)CN(c1ccccc1C)S(C)(=O)=O. The smallest absolute Gasteiger partial charge is 0.244 e. The van der Waals surface area contributed by atoms with Crippen molar-refractivity contribution in [1.29, 1.82) is 0 Å². The van der Waals surface area contributed by atoms with Crippen molar-refractivity contribution in [1.82, 2.24) is 10.2 Å². The molecule has 0 radical (unpaired) electrons. The highest BCUT2D eigenvalue weighted by molar-refractivity contribution is 7.92. The zero-order chi connectivity index (χ0) is 27.0. The summed E-state index contributed by atoms with van der Waals surface area (Å²) in [6, 6.07) is 22.7. The molecule has 0 spiro atoms. The summed E-state index contributed by atoms with van der Waals surface area (Å²) in [5, 5.41) is 2.66. The third kappa shape index (κ3) is 7.33. The Bertz CT molecular complexity index is 1330. The van der Waals surface area contributed by atoms with E-state index in [1.165, 1.54) is 11.9 Å². The molecule has 1 N–H and O–H groups in total. The molecule has 196 valence electrons. The van der Waals surface area contributed by atoms with Crippen molar-refractivity contribution in [3.05, 3.63) is 95.6 Å². The first-order valence-electron chi connectivity index (χ1n) is 11.8. The van der Waals surface area contributed by atoms with Crippen LogP contribution in [0.5, 0.6) is 5.75 Å². The molecule has 3 rings (SSSR count). The maximum absolute atomic E-state index is 13.9. The van der Waals surface area contributed by atoms with Gasteiger partial charge >= 0.3 is 0 Å². The molecule has 1 atom stereocenters. The number of likely N-dealkylation sites (N-methyl/N-ethyl adjacent to an activating group) is 1. The van der Waals surface area contributed by atoms with E-state index in [0.29, 0.717) is 17.0 Å². The Morgan fingerprint density at radius 1 is 0.946 bits per heavy atom. The number of hydrogen-bond acceptors (Lipinski definition) is 5. The zero-order valence-electron chi connectivity index (χ0n) is 21.5. The summed E-state index contributed by atoms with van der Waals surface area (Å²) < 4.78 is 32.0. The first-order valence-corrected chi connectivity index (χ1v) is 13.7. The molecular formula is C28H33N3O5S. The van der Waals surface area contributed by atoms with E-state index in [9.17, 15) is 18.0 Å². The Balaban J connectivity index is 2.04. The minimum absolute atomic E-state index is 0.0896. The van der Waals surface area contributed by atoms with E-state index < -0.39 is 28.5 Å². The molecule has 0 aliphatic carbocycles. The minimum atomic E-state index is -3.80. The number of ether oxygens (including phenoxy) is 1. The lowest BCUT2D eigenvalue weighted by Gasteiger charge is -2.33. The number of carbonyl (C=O) groups excluding carboxylic acids is 2. The monoisotopic (exact) mass is 523 g/mol. The van der Waals surface area contributed by atoms with Gasteiger partial charge in [0, 0.05) is 20.0 Å². The lowest BCUT2D eigenvalue weighted by molar-refractivity contribution is -0.139. The van der Waals surface area contributed by atoms with E-state index >= 15 is 0 Å². The molecule has 0 fully saturated rings. The first kappa shape index (κ1) is 27.7. The number of nitrogens with one attached hydrogen (secondary N) is 1. The van der Waals surface area contributed by atoms with E-state index in [-0.39, 0.29) is 18.9 Å². The molecule has 0 aromatic heterocycles. The van der Waals surface area contributed by atoms with Crippen LogP contribution in [0, 0.1) is 6.92 Å². The van der Waals surface area contributed by atoms with Crippen LogP contribution < -0.4 is 14.4 Å². The number of methoxy groups -OCH3 is 1. The zero-order valence-corrected chi connectivity index (χ0v) is 22.4. The fourth-order valence-electron chi connectivity index (χ4n) is 4.13. The number of carbonyl (C=O) groups is 2. The summed E-state index contributed by atoms with van der Waals surface area (Å²) in [6.07, 6.45) is 1.33. The maximum atomic E-state index is 13.9. The second-order valence-electron chi connectivity index (χ2n) is 8.75. The largest absolute Gasteiger partial charge is 0.497 e. The Kier molecular flexibility index (Phi) is 9.30. The topological polar surface area (TPSA) is 96.0 Å². The third-order valence-electron chi connectivity index (χ3n) is 6.07. The Morgan fingerprint density at radius 3 is 2.22 bits per heavy atom. The number of hydrogen-bond donors (Lipinski definition) is 1. The number of rotatable bonds is 11. The van der Waals surface area contributed by atoms with Crippen molar-refractivity contribution < 1.29 is 22.7 Å². The Hall–Kier alpha value is -3.85. The average molecular weight is 524 g/mol. The van der Waals surface area contributed by atoms with Crippen molar-refractivity contribution in [2.75, 3.05) is 31.3 Å². The number of anilines is 1. The molecule has 3 aromatic rings. The standard InChI is InChI=1S/C28H33N3O5S/c1-21-11-8-9-16-25(21)31(37(4,34)35)20-27(32)30(19-23-14-10-15-24(17-23)36-3)26(28(33)29-2)18-22-12-6-5-7-13-22/h5-17,26H,18-20H2,1-4H3,(H,29,33)/t26-/m0/s1. The molecular weight excluding hydrogens is 490 g/mol. The summed E-state index contributed by atoms with van der Waals surface area (Å²) in [4.78, 5) is 28.5. The van der Waals surface area contributed by atoms with E-state index in [0.717, 1.165) is 21.7 Å². The summed E-state index contributed by atoms with van der Waals surface area (Å²) in [5.74, 6) is -0.231. The van der Waals surface area contributed by atoms with Crippen molar-refractivity contribution >= 4 is 27.5 Å². The maximum Gasteiger partial charge on any atom is 0.244 e. The van der Waals surface area contributed by atoms with Gasteiger partial charge in [-0.25, -0.2) is 8.42 Å². The van der Waals surface area contributed by atoms with Crippen molar-refractivity contribution in [2.24, 2.45) is 0 Å². The van der Waals surface area contributed by atoms with Crippen LogP contribution in [0.1, 0.15) is 16.7 Å². The average Bonchev–Trinajstić information content (AvgIpc) is 2.89.